The van der Waals surface area contributed by atoms with Gasteiger partial charge in [-0.25, -0.2) is 4.79 Å². The molecule has 0 amide bonds. The summed E-state index contributed by atoms with van der Waals surface area (Å²) in [5.41, 5.74) is 1.16. The van der Waals surface area contributed by atoms with Crippen molar-refractivity contribution in [1.29, 1.82) is 0 Å². The molecule has 2 rings (SSSR count). The van der Waals surface area contributed by atoms with E-state index in [0.717, 1.165) is 5.56 Å². The highest BCUT2D eigenvalue weighted by Crippen LogP contribution is 2.29. The van der Waals surface area contributed by atoms with E-state index in [1.165, 1.54) is 0 Å². The largest absolute Gasteiger partial charge is 0.487 e. The summed E-state index contributed by atoms with van der Waals surface area (Å²) in [6.45, 7) is 9.05. The number of rotatable bonds is 3. The number of hydrogen-bond acceptors (Lipinski definition) is 7. The van der Waals surface area contributed by atoms with Gasteiger partial charge in [0.1, 0.15) is 19.8 Å². The highest BCUT2D eigenvalue weighted by Gasteiger charge is 2.10. The number of carbonyl (C=O) groups is 1. The quantitative estimate of drug-likeness (QED) is 0.599. The third-order valence-electron chi connectivity index (χ3n) is 3.44. The van der Waals surface area contributed by atoms with Crippen molar-refractivity contribution in [2.45, 2.75) is 13.5 Å². The van der Waals surface area contributed by atoms with Crippen LogP contribution in [0, 0.1) is 0 Å². The SMILES string of the molecule is C=C(C)C(=O)OCc1ccc2c(c1)OCCOCCOCCOCCO2. The van der Waals surface area contributed by atoms with Crippen LogP contribution in [0.25, 0.3) is 0 Å². The van der Waals surface area contributed by atoms with Crippen LogP contribution in [0.2, 0.25) is 0 Å². The van der Waals surface area contributed by atoms with Crippen molar-refractivity contribution in [3.8, 4) is 11.5 Å². The molecule has 0 saturated carbocycles. The van der Waals surface area contributed by atoms with Crippen LogP contribution in [0.5, 0.6) is 11.5 Å². The lowest BCUT2D eigenvalue weighted by atomic mass is 10.2. The number of hydrogen-bond donors (Lipinski definition) is 0. The molecule has 0 fully saturated rings. The molecular formula is C19H26O7. The first-order chi connectivity index (χ1) is 12.7. The fraction of sp³-hybridized carbons (Fsp3) is 0.526. The molecule has 1 aliphatic heterocycles. The van der Waals surface area contributed by atoms with E-state index < -0.39 is 5.97 Å². The Hall–Kier alpha value is -2.09. The molecule has 1 aromatic carbocycles. The van der Waals surface area contributed by atoms with Crippen LogP contribution in [0.3, 0.4) is 0 Å². The van der Waals surface area contributed by atoms with Crippen molar-refractivity contribution >= 4 is 5.97 Å². The first-order valence-corrected chi connectivity index (χ1v) is 8.61. The summed E-state index contributed by atoms with van der Waals surface area (Å²) in [5.74, 6) is 0.754. The van der Waals surface area contributed by atoms with E-state index in [9.17, 15) is 4.79 Å². The minimum absolute atomic E-state index is 0.138. The Labute approximate surface area is 153 Å². The molecular weight excluding hydrogens is 340 g/mol. The first kappa shape index (κ1) is 20.2. The summed E-state index contributed by atoms with van der Waals surface area (Å²) in [6, 6.07) is 5.41. The summed E-state index contributed by atoms with van der Waals surface area (Å²) in [6.07, 6.45) is 0. The molecule has 0 bridgehead atoms. The summed E-state index contributed by atoms with van der Waals surface area (Å²) in [4.78, 5) is 11.5. The Morgan fingerprint density at radius 1 is 0.923 bits per heavy atom. The molecule has 1 aliphatic rings. The van der Waals surface area contributed by atoms with Gasteiger partial charge >= 0.3 is 5.97 Å². The number of fused-ring (bicyclic) bond motifs is 1. The van der Waals surface area contributed by atoms with Gasteiger partial charge in [0.05, 0.1) is 39.6 Å². The van der Waals surface area contributed by atoms with Gasteiger partial charge in [-0.2, -0.15) is 0 Å². The van der Waals surface area contributed by atoms with Gasteiger partial charge in [0.2, 0.25) is 0 Å². The predicted octanol–water partition coefficient (Wildman–Crippen LogP) is 2.13. The van der Waals surface area contributed by atoms with Crippen molar-refractivity contribution in [1.82, 2.24) is 0 Å². The predicted molar refractivity (Wildman–Crippen MR) is 94.5 cm³/mol. The molecule has 7 heteroatoms. The molecule has 0 atom stereocenters. The van der Waals surface area contributed by atoms with E-state index in [1.807, 2.05) is 6.07 Å². The molecule has 7 nitrogen and oxygen atoms in total. The van der Waals surface area contributed by atoms with Crippen molar-refractivity contribution < 1.29 is 33.2 Å². The van der Waals surface area contributed by atoms with Gasteiger partial charge in [-0.3, -0.25) is 0 Å². The first-order valence-electron chi connectivity index (χ1n) is 8.61. The van der Waals surface area contributed by atoms with Gasteiger partial charge < -0.3 is 28.4 Å². The van der Waals surface area contributed by atoms with E-state index in [2.05, 4.69) is 6.58 Å². The molecule has 0 radical (unpaired) electrons. The Balaban J connectivity index is 1.99. The Kier molecular flexibility index (Phi) is 8.95. The number of carbonyl (C=O) groups excluding carboxylic acids is 1. The Morgan fingerprint density at radius 2 is 1.46 bits per heavy atom. The van der Waals surface area contributed by atoms with Crippen molar-refractivity contribution in [3.05, 3.63) is 35.9 Å². The Bertz CT molecular complexity index is 585. The van der Waals surface area contributed by atoms with Crippen LogP contribution in [-0.2, 0) is 30.3 Å². The number of ether oxygens (including phenoxy) is 6. The molecule has 0 aromatic heterocycles. The van der Waals surface area contributed by atoms with E-state index in [4.69, 9.17) is 28.4 Å². The normalized spacial score (nSPS) is 16.8. The number of benzene rings is 1. The summed E-state index contributed by atoms with van der Waals surface area (Å²) in [5, 5.41) is 0. The van der Waals surface area contributed by atoms with E-state index >= 15 is 0 Å². The van der Waals surface area contributed by atoms with Crippen LogP contribution in [0.15, 0.2) is 30.4 Å². The van der Waals surface area contributed by atoms with Crippen LogP contribution in [-0.4, -0.2) is 58.8 Å². The van der Waals surface area contributed by atoms with Crippen LogP contribution in [0.4, 0.5) is 0 Å². The van der Waals surface area contributed by atoms with Gasteiger partial charge in [-0.15, -0.1) is 0 Å². The average Bonchev–Trinajstić information content (AvgIpc) is 2.64. The second-order valence-corrected chi connectivity index (χ2v) is 5.67. The molecule has 0 spiro atoms. The van der Waals surface area contributed by atoms with Gasteiger partial charge in [0.25, 0.3) is 0 Å². The van der Waals surface area contributed by atoms with Crippen LogP contribution in [0.1, 0.15) is 12.5 Å². The van der Waals surface area contributed by atoms with Crippen LogP contribution < -0.4 is 9.47 Å². The van der Waals surface area contributed by atoms with Gasteiger partial charge in [0.15, 0.2) is 11.5 Å². The minimum atomic E-state index is -0.425. The van der Waals surface area contributed by atoms with Crippen molar-refractivity contribution in [3.63, 3.8) is 0 Å². The zero-order chi connectivity index (χ0) is 18.6. The number of esters is 1. The third-order valence-corrected chi connectivity index (χ3v) is 3.44. The van der Waals surface area contributed by atoms with E-state index in [1.54, 1.807) is 19.1 Å². The molecule has 0 N–H and O–H groups in total. The lowest BCUT2D eigenvalue weighted by molar-refractivity contribution is -0.140. The lowest BCUT2D eigenvalue weighted by Gasteiger charge is -2.14. The maximum atomic E-state index is 11.5. The molecule has 0 saturated heterocycles. The molecule has 1 aromatic rings. The van der Waals surface area contributed by atoms with Gasteiger partial charge in [-0.05, 0) is 24.6 Å². The van der Waals surface area contributed by atoms with Crippen molar-refractivity contribution in [2.24, 2.45) is 0 Å². The second kappa shape index (κ2) is 11.5. The van der Waals surface area contributed by atoms with Crippen molar-refractivity contribution in [2.75, 3.05) is 52.9 Å². The maximum absolute atomic E-state index is 11.5. The smallest absolute Gasteiger partial charge is 0.333 e. The zero-order valence-electron chi connectivity index (χ0n) is 15.2. The molecule has 144 valence electrons. The Morgan fingerprint density at radius 3 is 2.04 bits per heavy atom. The van der Waals surface area contributed by atoms with Gasteiger partial charge in [-0.1, -0.05) is 12.6 Å². The van der Waals surface area contributed by atoms with Gasteiger partial charge in [0, 0.05) is 5.57 Å². The lowest BCUT2D eigenvalue weighted by Crippen LogP contribution is -2.13. The standard InChI is InChI=1S/C19H26O7/c1-15(2)19(20)26-14-16-3-4-17-18(13-16)25-12-10-23-8-6-21-5-7-22-9-11-24-17/h3-4,13H,1,5-12,14H2,2H3. The summed E-state index contributed by atoms with van der Waals surface area (Å²) in [7, 11) is 0. The molecule has 26 heavy (non-hydrogen) atoms. The fourth-order valence-electron chi connectivity index (χ4n) is 2.11. The minimum Gasteiger partial charge on any atom is -0.487 e. The summed E-state index contributed by atoms with van der Waals surface area (Å²) >= 11 is 0. The fourth-order valence-corrected chi connectivity index (χ4v) is 2.11. The monoisotopic (exact) mass is 366 g/mol. The topological polar surface area (TPSA) is 72.5 Å². The highest BCUT2D eigenvalue weighted by atomic mass is 16.6. The summed E-state index contributed by atoms with van der Waals surface area (Å²) < 4.78 is 32.9. The van der Waals surface area contributed by atoms with E-state index in [0.29, 0.717) is 69.9 Å². The molecule has 1 heterocycles. The van der Waals surface area contributed by atoms with Crippen LogP contribution >= 0.6 is 0 Å². The molecule has 0 unspecified atom stereocenters. The van der Waals surface area contributed by atoms with E-state index in [-0.39, 0.29) is 6.61 Å². The average molecular weight is 366 g/mol. The maximum Gasteiger partial charge on any atom is 0.333 e. The molecule has 0 aliphatic carbocycles. The third kappa shape index (κ3) is 7.43. The highest BCUT2D eigenvalue weighted by molar-refractivity contribution is 5.86. The zero-order valence-corrected chi connectivity index (χ0v) is 15.2. The second-order valence-electron chi connectivity index (χ2n) is 5.67.